The molecule has 0 aliphatic rings. The molecule has 70 valence electrons. The van der Waals surface area contributed by atoms with Gasteiger partial charge in [-0.05, 0) is 11.1 Å². The summed E-state index contributed by atoms with van der Waals surface area (Å²) in [6.07, 6.45) is 0. The first-order valence-electron chi connectivity index (χ1n) is 3.88. The molecule has 0 aromatic heterocycles. The SMILES string of the molecule is S=C(S)NCc1ccc(CS)cc1. The van der Waals surface area contributed by atoms with E-state index in [4.69, 9.17) is 12.2 Å². The Balaban J connectivity index is 2.54. The van der Waals surface area contributed by atoms with Crippen LogP contribution in [0.15, 0.2) is 24.3 Å². The molecule has 0 atom stereocenters. The Labute approximate surface area is 94.7 Å². The smallest absolute Gasteiger partial charge is 0.130 e. The van der Waals surface area contributed by atoms with Gasteiger partial charge in [0.15, 0.2) is 0 Å². The molecule has 0 aliphatic carbocycles. The Bertz CT molecular complexity index is 281. The van der Waals surface area contributed by atoms with E-state index in [1.54, 1.807) is 0 Å². The van der Waals surface area contributed by atoms with Crippen LogP contribution < -0.4 is 5.32 Å². The quantitative estimate of drug-likeness (QED) is 0.544. The molecule has 0 amide bonds. The zero-order chi connectivity index (χ0) is 9.68. The van der Waals surface area contributed by atoms with Crippen molar-refractivity contribution in [1.29, 1.82) is 0 Å². The standard InChI is InChI=1S/C9H11NS3/c11-6-8-3-1-7(2-4-8)5-10-9(12)13/h1-4,11H,5-6H2,(H2,10,12,13). The minimum Gasteiger partial charge on any atom is -0.367 e. The average Bonchev–Trinajstić information content (AvgIpc) is 2.15. The third-order valence-corrected chi connectivity index (χ3v) is 2.32. The van der Waals surface area contributed by atoms with Crippen molar-refractivity contribution in [2.75, 3.05) is 0 Å². The molecule has 1 rings (SSSR count). The number of hydrogen-bond acceptors (Lipinski definition) is 2. The Hall–Kier alpha value is -0.190. The summed E-state index contributed by atoms with van der Waals surface area (Å²) < 4.78 is 0.526. The zero-order valence-corrected chi connectivity index (χ0v) is 9.63. The fourth-order valence-corrected chi connectivity index (χ4v) is 1.30. The molecule has 0 heterocycles. The molecule has 0 saturated carbocycles. The van der Waals surface area contributed by atoms with E-state index < -0.39 is 0 Å². The molecule has 1 aromatic rings. The third kappa shape index (κ3) is 4.02. The molecule has 1 nitrogen and oxygen atoms in total. The van der Waals surface area contributed by atoms with Crippen molar-refractivity contribution in [3.05, 3.63) is 35.4 Å². The predicted octanol–water partition coefficient (Wildman–Crippen LogP) is 2.42. The van der Waals surface area contributed by atoms with Crippen LogP contribution in [-0.4, -0.2) is 4.32 Å². The maximum atomic E-state index is 4.78. The Morgan fingerprint density at radius 1 is 1.23 bits per heavy atom. The fourth-order valence-electron chi connectivity index (χ4n) is 0.940. The van der Waals surface area contributed by atoms with Crippen molar-refractivity contribution in [1.82, 2.24) is 5.32 Å². The number of thiocarbonyl (C=S) groups is 1. The maximum Gasteiger partial charge on any atom is 0.130 e. The summed E-state index contributed by atoms with van der Waals surface area (Å²) in [5.41, 5.74) is 2.42. The summed E-state index contributed by atoms with van der Waals surface area (Å²) in [4.78, 5) is 0. The largest absolute Gasteiger partial charge is 0.367 e. The highest BCUT2D eigenvalue weighted by Gasteiger charge is 1.93. The van der Waals surface area contributed by atoms with Gasteiger partial charge < -0.3 is 5.32 Å². The molecule has 0 unspecified atom stereocenters. The second kappa shape index (κ2) is 5.52. The van der Waals surface area contributed by atoms with Crippen LogP contribution in [0.5, 0.6) is 0 Å². The summed E-state index contributed by atoms with van der Waals surface area (Å²) in [5.74, 6) is 0.776. The van der Waals surface area contributed by atoms with E-state index in [1.165, 1.54) is 11.1 Å². The van der Waals surface area contributed by atoms with Crippen molar-refractivity contribution in [2.45, 2.75) is 12.3 Å². The van der Waals surface area contributed by atoms with E-state index >= 15 is 0 Å². The van der Waals surface area contributed by atoms with Gasteiger partial charge in [0, 0.05) is 12.3 Å². The molecule has 13 heavy (non-hydrogen) atoms. The minimum absolute atomic E-state index is 0.526. The Morgan fingerprint density at radius 3 is 2.23 bits per heavy atom. The van der Waals surface area contributed by atoms with E-state index in [0.29, 0.717) is 4.32 Å². The van der Waals surface area contributed by atoms with Crippen LogP contribution in [0.2, 0.25) is 0 Å². The van der Waals surface area contributed by atoms with Crippen LogP contribution in [0, 0.1) is 0 Å². The van der Waals surface area contributed by atoms with Gasteiger partial charge in [0.05, 0.1) is 0 Å². The zero-order valence-electron chi connectivity index (χ0n) is 7.03. The van der Waals surface area contributed by atoms with E-state index in [-0.39, 0.29) is 0 Å². The molecule has 0 fully saturated rings. The van der Waals surface area contributed by atoms with Gasteiger partial charge in [0.2, 0.25) is 0 Å². The van der Waals surface area contributed by atoms with Gasteiger partial charge in [-0.25, -0.2) is 0 Å². The molecular formula is C9H11NS3. The minimum atomic E-state index is 0.526. The van der Waals surface area contributed by atoms with E-state index in [2.05, 4.69) is 54.8 Å². The first kappa shape index (κ1) is 10.9. The average molecular weight is 229 g/mol. The lowest BCUT2D eigenvalue weighted by molar-refractivity contribution is 0.939. The normalized spacial score (nSPS) is 9.69. The molecule has 1 N–H and O–H groups in total. The maximum absolute atomic E-state index is 4.78. The highest BCUT2D eigenvalue weighted by molar-refractivity contribution is 8.11. The highest BCUT2D eigenvalue weighted by atomic mass is 32.1. The van der Waals surface area contributed by atoms with E-state index in [1.807, 2.05) is 0 Å². The first-order valence-corrected chi connectivity index (χ1v) is 5.36. The molecule has 0 bridgehead atoms. The number of benzene rings is 1. The number of hydrogen-bond donors (Lipinski definition) is 3. The van der Waals surface area contributed by atoms with Crippen LogP contribution in [0.1, 0.15) is 11.1 Å². The molecule has 0 radical (unpaired) electrons. The second-order valence-electron chi connectivity index (χ2n) is 2.63. The predicted molar refractivity (Wildman–Crippen MR) is 67.6 cm³/mol. The Kier molecular flexibility index (Phi) is 4.62. The van der Waals surface area contributed by atoms with Gasteiger partial charge in [-0.15, -0.1) is 12.6 Å². The van der Waals surface area contributed by atoms with Gasteiger partial charge in [0.1, 0.15) is 4.32 Å². The van der Waals surface area contributed by atoms with Crippen molar-refractivity contribution in [3.8, 4) is 0 Å². The summed E-state index contributed by atoms with van der Waals surface area (Å²) >= 11 is 12.9. The molecule has 1 aromatic carbocycles. The topological polar surface area (TPSA) is 12.0 Å². The molecule has 0 spiro atoms. The monoisotopic (exact) mass is 229 g/mol. The van der Waals surface area contributed by atoms with Crippen LogP contribution in [0.3, 0.4) is 0 Å². The summed E-state index contributed by atoms with van der Waals surface area (Å²) in [5, 5.41) is 2.98. The number of nitrogens with one attached hydrogen (secondary N) is 1. The first-order chi connectivity index (χ1) is 6.22. The van der Waals surface area contributed by atoms with Gasteiger partial charge in [-0.3, -0.25) is 0 Å². The lowest BCUT2D eigenvalue weighted by Crippen LogP contribution is -2.15. The fraction of sp³-hybridized carbons (Fsp3) is 0.222. The van der Waals surface area contributed by atoms with Crippen LogP contribution in [0.4, 0.5) is 0 Å². The second-order valence-corrected chi connectivity index (χ2v) is 4.11. The molecular weight excluding hydrogens is 218 g/mol. The van der Waals surface area contributed by atoms with Gasteiger partial charge >= 0.3 is 0 Å². The van der Waals surface area contributed by atoms with Crippen LogP contribution >= 0.6 is 37.5 Å². The number of thiol groups is 2. The summed E-state index contributed by atoms with van der Waals surface area (Å²) in [6, 6.07) is 8.24. The van der Waals surface area contributed by atoms with Gasteiger partial charge in [0.25, 0.3) is 0 Å². The lowest BCUT2D eigenvalue weighted by atomic mass is 10.1. The molecule has 4 heteroatoms. The van der Waals surface area contributed by atoms with Gasteiger partial charge in [-0.2, -0.15) is 12.6 Å². The van der Waals surface area contributed by atoms with Crippen molar-refractivity contribution in [3.63, 3.8) is 0 Å². The van der Waals surface area contributed by atoms with Crippen molar-refractivity contribution < 1.29 is 0 Å². The van der Waals surface area contributed by atoms with Crippen LogP contribution in [-0.2, 0) is 12.3 Å². The summed E-state index contributed by atoms with van der Waals surface area (Å²) in [6.45, 7) is 0.731. The third-order valence-electron chi connectivity index (χ3n) is 1.65. The van der Waals surface area contributed by atoms with E-state index in [0.717, 1.165) is 12.3 Å². The van der Waals surface area contributed by atoms with Gasteiger partial charge in [-0.1, -0.05) is 36.5 Å². The Morgan fingerprint density at radius 2 is 1.77 bits per heavy atom. The van der Waals surface area contributed by atoms with Crippen molar-refractivity contribution >= 4 is 41.8 Å². The highest BCUT2D eigenvalue weighted by Crippen LogP contribution is 2.06. The van der Waals surface area contributed by atoms with E-state index in [9.17, 15) is 0 Å². The molecule has 0 saturated heterocycles. The molecule has 0 aliphatic heterocycles. The summed E-state index contributed by atoms with van der Waals surface area (Å²) in [7, 11) is 0. The number of rotatable bonds is 3. The van der Waals surface area contributed by atoms with Crippen LogP contribution in [0.25, 0.3) is 0 Å². The lowest BCUT2D eigenvalue weighted by Gasteiger charge is -2.03. The van der Waals surface area contributed by atoms with Crippen molar-refractivity contribution in [2.24, 2.45) is 0 Å².